The van der Waals surface area contributed by atoms with E-state index >= 15 is 0 Å². The SMILES string of the molecule is Cc1cccc(C)c1-c1cccc(-c2c(C)cccc2C)c1Cc1cc(C(C)(C)C)cc(Cc2c(-c3c(C)cccc3C)cccc2-c2c(C)cccc2C)c1S/C(S)=C(/S)Sc1c(Cc2c(-c3c(C)cccc3C)cccc2-c2c(C)cccc2C)cc(C(C)(C)C)cc1Cc1c(-c2c(C)cccc2C)cccc1-c1c(C)cccc1C. The van der Waals surface area contributed by atoms with Crippen molar-refractivity contribution in [2.45, 2.75) is 199 Å². The molecule has 0 aliphatic carbocycles. The van der Waals surface area contributed by atoms with E-state index in [9.17, 15) is 0 Å². The summed E-state index contributed by atoms with van der Waals surface area (Å²) in [7, 11) is 0. The third-order valence-electron chi connectivity index (χ3n) is 25.0. The lowest BCUT2D eigenvalue weighted by Gasteiger charge is -2.28. The van der Waals surface area contributed by atoms with Crippen LogP contribution in [0.2, 0.25) is 0 Å². The van der Waals surface area contributed by atoms with E-state index in [1.807, 2.05) is 0 Å². The van der Waals surface area contributed by atoms with Gasteiger partial charge in [-0.3, -0.25) is 0 Å². The van der Waals surface area contributed by atoms with Gasteiger partial charge in [0.15, 0.2) is 0 Å². The largest absolute Gasteiger partial charge is 0.135 e. The molecule has 0 amide bonds. The Bertz CT molecular complexity index is 5120. The Morgan fingerprint density at radius 2 is 0.339 bits per heavy atom. The van der Waals surface area contributed by atoms with Crippen LogP contribution in [0.3, 0.4) is 0 Å². The number of hydrogen-bond acceptors (Lipinski definition) is 4. The molecule has 0 bridgehead atoms. The first kappa shape index (κ1) is 84.7. The standard InChI is InChI=1S/C114H116S4/c1-67-35-23-36-68(2)101(67)89-51-31-52-90(102-69(3)37-24-38-70(102)4)97(89)63-83-59-87(113(17,18)19)60-84(64-98-91(103-71(5)39-25-40-72(103)6)53-32-54-92(98)104-73(7)41-26-42-74(104)8)109(83)117-111(115)112(116)118-110-85(65-99-93(105-75(9)43-27-44-76(105)10)55-33-56-94(99)106-77(11)45-28-46-78(106)12)61-88(114(20,21)22)62-86(110)66-100-95(107-79(13)47-29-48-80(107)14)57-34-58-96(100)108-81(15)49-30-50-82(108)16/h23-62,115-116H,63-66H2,1-22H3/b112-111-. The molecule has 0 saturated carbocycles. The lowest BCUT2D eigenvalue weighted by Crippen LogP contribution is -2.14. The summed E-state index contributed by atoms with van der Waals surface area (Å²) in [6, 6.07) is 93.0. The van der Waals surface area contributed by atoms with E-state index in [4.69, 9.17) is 25.3 Å². The molecule has 14 aromatic carbocycles. The van der Waals surface area contributed by atoms with Crippen molar-refractivity contribution in [3.05, 3.63) is 396 Å². The van der Waals surface area contributed by atoms with Crippen molar-refractivity contribution in [2.75, 3.05) is 0 Å². The second kappa shape index (κ2) is 34.9. The summed E-state index contributed by atoms with van der Waals surface area (Å²) >= 11 is 15.7. The first-order valence-corrected chi connectivity index (χ1v) is 44.6. The summed E-state index contributed by atoms with van der Waals surface area (Å²) < 4.78 is 1.68. The van der Waals surface area contributed by atoms with E-state index in [-0.39, 0.29) is 10.8 Å². The number of benzene rings is 14. The molecule has 0 aliphatic heterocycles. The van der Waals surface area contributed by atoms with Gasteiger partial charge in [0.05, 0.1) is 8.47 Å². The van der Waals surface area contributed by atoms with Gasteiger partial charge in [-0.15, -0.1) is 25.3 Å². The van der Waals surface area contributed by atoms with Gasteiger partial charge < -0.3 is 0 Å². The fraction of sp³-hybridized carbons (Fsp3) is 0.246. The predicted molar refractivity (Wildman–Crippen MR) is 523 cm³/mol. The van der Waals surface area contributed by atoms with Gasteiger partial charge in [-0.1, -0.05) is 308 Å². The van der Waals surface area contributed by atoms with Crippen molar-refractivity contribution in [3.8, 4) is 89.0 Å². The van der Waals surface area contributed by atoms with Crippen LogP contribution in [0.25, 0.3) is 89.0 Å². The van der Waals surface area contributed by atoms with Gasteiger partial charge in [-0.25, -0.2) is 0 Å². The molecule has 0 N–H and O–H groups in total. The molecule has 0 unspecified atom stereocenters. The molecular formula is C114H116S4. The number of thioether (sulfide) groups is 2. The molecule has 14 aromatic rings. The van der Waals surface area contributed by atoms with Crippen molar-refractivity contribution in [1.82, 2.24) is 0 Å². The minimum absolute atomic E-state index is 0.241. The first-order chi connectivity index (χ1) is 56.3. The van der Waals surface area contributed by atoms with Crippen LogP contribution in [0.1, 0.15) is 186 Å². The van der Waals surface area contributed by atoms with Crippen LogP contribution in [-0.2, 0) is 36.5 Å². The fourth-order valence-electron chi connectivity index (χ4n) is 19.1. The van der Waals surface area contributed by atoms with Gasteiger partial charge in [-0.2, -0.15) is 0 Å². The van der Waals surface area contributed by atoms with Gasteiger partial charge in [0.1, 0.15) is 0 Å². The summed E-state index contributed by atoms with van der Waals surface area (Å²) in [6.45, 7) is 51.0. The molecule has 0 atom stereocenters. The van der Waals surface area contributed by atoms with E-state index in [1.165, 1.54) is 243 Å². The number of rotatable bonds is 20. The maximum absolute atomic E-state index is 6.04. The van der Waals surface area contributed by atoms with E-state index in [0.717, 1.165) is 8.47 Å². The minimum atomic E-state index is -0.241. The highest BCUT2D eigenvalue weighted by Gasteiger charge is 2.31. The molecule has 0 radical (unpaired) electrons. The molecule has 0 aliphatic rings. The van der Waals surface area contributed by atoms with Crippen LogP contribution < -0.4 is 0 Å². The van der Waals surface area contributed by atoms with Crippen LogP contribution in [0.4, 0.5) is 0 Å². The Morgan fingerprint density at radius 1 is 0.212 bits per heavy atom. The number of aryl methyl sites for hydroxylation is 16. The molecule has 118 heavy (non-hydrogen) atoms. The summed E-state index contributed by atoms with van der Waals surface area (Å²) in [6.07, 6.45) is 2.60. The summed E-state index contributed by atoms with van der Waals surface area (Å²) in [5, 5.41) is 0. The van der Waals surface area contributed by atoms with Crippen LogP contribution in [0, 0.1) is 111 Å². The normalized spacial score (nSPS) is 12.1. The Morgan fingerprint density at radius 3 is 0.466 bits per heavy atom. The van der Waals surface area contributed by atoms with Gasteiger partial charge in [0.2, 0.25) is 0 Å². The maximum Gasteiger partial charge on any atom is 0.0621 e. The zero-order chi connectivity index (χ0) is 84.1. The molecule has 0 spiro atoms. The van der Waals surface area contributed by atoms with Crippen molar-refractivity contribution < 1.29 is 0 Å². The fourth-order valence-corrected chi connectivity index (χ4v) is 21.8. The molecule has 0 heterocycles. The zero-order valence-corrected chi connectivity index (χ0v) is 77.1. The molecule has 0 aromatic heterocycles. The number of hydrogen-bond donors (Lipinski definition) is 2. The highest BCUT2D eigenvalue weighted by molar-refractivity contribution is 8.21. The van der Waals surface area contributed by atoms with Crippen LogP contribution in [-0.4, -0.2) is 0 Å². The van der Waals surface area contributed by atoms with Crippen molar-refractivity contribution in [1.29, 1.82) is 0 Å². The second-order valence-electron chi connectivity index (χ2n) is 35.7. The average Bonchev–Trinajstić information content (AvgIpc) is 0.757. The zero-order valence-electron chi connectivity index (χ0n) is 73.6. The number of thiol groups is 2. The van der Waals surface area contributed by atoms with Crippen molar-refractivity contribution >= 4 is 48.8 Å². The van der Waals surface area contributed by atoms with E-state index in [0.29, 0.717) is 25.7 Å². The van der Waals surface area contributed by atoms with E-state index < -0.39 is 0 Å². The van der Waals surface area contributed by atoms with Crippen LogP contribution in [0.15, 0.2) is 261 Å². The smallest absolute Gasteiger partial charge is 0.0621 e. The monoisotopic (exact) mass is 1610 g/mol. The second-order valence-corrected chi connectivity index (χ2v) is 39.3. The Hall–Kier alpha value is -9.78. The molecule has 0 nitrogen and oxygen atoms in total. The van der Waals surface area contributed by atoms with E-state index in [2.05, 4.69) is 395 Å². The van der Waals surface area contributed by atoms with Crippen LogP contribution in [0.5, 0.6) is 0 Å². The topological polar surface area (TPSA) is 0 Å². The Labute approximate surface area is 726 Å². The van der Waals surface area contributed by atoms with Crippen LogP contribution >= 0.6 is 48.8 Å². The third kappa shape index (κ3) is 17.1. The van der Waals surface area contributed by atoms with Gasteiger partial charge in [0, 0.05) is 9.79 Å². The van der Waals surface area contributed by atoms with Gasteiger partial charge in [-0.05, 0) is 381 Å². The average molecular weight is 1610 g/mol. The minimum Gasteiger partial charge on any atom is -0.135 e. The summed E-state index contributed by atoms with van der Waals surface area (Å²) in [5.41, 5.74) is 53.0. The molecule has 0 fully saturated rings. The molecule has 14 rings (SSSR count). The molecular weight excluding hydrogens is 1500 g/mol. The Balaban J connectivity index is 1.08. The highest BCUT2D eigenvalue weighted by atomic mass is 32.2. The Kier molecular flexibility index (Phi) is 25.0. The van der Waals surface area contributed by atoms with Crippen molar-refractivity contribution in [3.63, 3.8) is 0 Å². The molecule has 0 saturated heterocycles. The summed E-state index contributed by atoms with van der Waals surface area (Å²) in [5.74, 6) is 0. The van der Waals surface area contributed by atoms with Crippen molar-refractivity contribution in [2.24, 2.45) is 0 Å². The summed E-state index contributed by atoms with van der Waals surface area (Å²) in [4.78, 5) is 2.39. The molecule has 4 heteroatoms. The highest BCUT2D eigenvalue weighted by Crippen LogP contribution is 2.53. The van der Waals surface area contributed by atoms with Gasteiger partial charge >= 0.3 is 0 Å². The lowest BCUT2D eigenvalue weighted by atomic mass is 9.79. The van der Waals surface area contributed by atoms with Gasteiger partial charge in [0.25, 0.3) is 0 Å². The first-order valence-electron chi connectivity index (χ1n) is 42.1. The maximum atomic E-state index is 6.04. The third-order valence-corrected chi connectivity index (χ3v) is 28.8. The lowest BCUT2D eigenvalue weighted by molar-refractivity contribution is 0.587. The predicted octanol–water partition coefficient (Wildman–Crippen LogP) is 32.8. The van der Waals surface area contributed by atoms with E-state index in [1.54, 1.807) is 23.5 Å². The quantitative estimate of drug-likeness (QED) is 0.0577. The molecule has 596 valence electrons.